The number of aliphatic carboxylic acids is 1. The maximum Gasteiger partial charge on any atom is 0.334 e. The number of carboxylic acid groups (broad SMARTS) is 1. The van der Waals surface area contributed by atoms with Gasteiger partial charge in [0.05, 0.1) is 24.0 Å². The molecule has 0 aliphatic heterocycles. The summed E-state index contributed by atoms with van der Waals surface area (Å²) in [5, 5.41) is 16.5. The first-order chi connectivity index (χ1) is 10.8. The third-order valence-electron chi connectivity index (χ3n) is 3.50. The normalized spacial score (nSPS) is 12.6. The Labute approximate surface area is 133 Å². The number of rotatable bonds is 6. The van der Waals surface area contributed by atoms with Gasteiger partial charge in [-0.1, -0.05) is 0 Å². The average Bonchev–Trinajstić information content (AvgIpc) is 2.89. The second-order valence-electron chi connectivity index (χ2n) is 5.49. The van der Waals surface area contributed by atoms with E-state index in [0.29, 0.717) is 16.9 Å². The van der Waals surface area contributed by atoms with E-state index in [4.69, 9.17) is 9.84 Å². The van der Waals surface area contributed by atoms with Gasteiger partial charge in [-0.3, -0.25) is 4.79 Å². The van der Waals surface area contributed by atoms with Gasteiger partial charge in [-0.2, -0.15) is 5.10 Å². The number of nitrogens with zero attached hydrogens (tertiary/aromatic N) is 3. The molecule has 8 nitrogen and oxygen atoms in total. The first-order valence-corrected chi connectivity index (χ1v) is 7.23. The number of hydrogen-bond acceptors (Lipinski definition) is 5. The van der Waals surface area contributed by atoms with Gasteiger partial charge in [-0.05, 0) is 26.8 Å². The van der Waals surface area contributed by atoms with Crippen molar-refractivity contribution < 1.29 is 19.4 Å². The van der Waals surface area contributed by atoms with E-state index in [2.05, 4.69) is 15.4 Å². The summed E-state index contributed by atoms with van der Waals surface area (Å²) in [4.78, 5) is 27.6. The van der Waals surface area contributed by atoms with E-state index in [1.807, 2.05) is 13.8 Å². The molecule has 0 aromatic carbocycles. The molecule has 2 heterocycles. The number of carboxylic acids is 1. The summed E-state index contributed by atoms with van der Waals surface area (Å²) in [6, 6.07) is 1.87. The number of nitrogens with one attached hydrogen (secondary N) is 1. The Morgan fingerprint density at radius 3 is 2.70 bits per heavy atom. The van der Waals surface area contributed by atoms with Crippen LogP contribution in [0.5, 0.6) is 0 Å². The molecule has 124 valence electrons. The van der Waals surface area contributed by atoms with E-state index in [1.54, 1.807) is 23.9 Å². The lowest BCUT2D eigenvalue weighted by molar-refractivity contribution is -0.148. The number of amides is 1. The van der Waals surface area contributed by atoms with Gasteiger partial charge >= 0.3 is 5.97 Å². The van der Waals surface area contributed by atoms with Crippen molar-refractivity contribution in [3.8, 4) is 0 Å². The van der Waals surface area contributed by atoms with Crippen molar-refractivity contribution in [2.24, 2.45) is 0 Å². The SMILES string of the molecule is COC(CNC(=O)c1cc2cnn(C(C)C)c2nc1C)C(=O)O. The topological polar surface area (TPSA) is 106 Å². The molecule has 0 spiro atoms. The fraction of sp³-hybridized carbons (Fsp3) is 0.467. The van der Waals surface area contributed by atoms with Crippen molar-refractivity contribution in [1.82, 2.24) is 20.1 Å². The number of pyridine rings is 1. The molecule has 1 atom stereocenters. The Morgan fingerprint density at radius 2 is 2.13 bits per heavy atom. The molecule has 23 heavy (non-hydrogen) atoms. The van der Waals surface area contributed by atoms with Crippen LogP contribution >= 0.6 is 0 Å². The Hall–Kier alpha value is -2.48. The summed E-state index contributed by atoms with van der Waals surface area (Å²) in [5.74, 6) is -1.52. The molecule has 0 saturated heterocycles. The van der Waals surface area contributed by atoms with Crippen LogP contribution in [-0.2, 0) is 9.53 Å². The molecular weight excluding hydrogens is 300 g/mol. The van der Waals surface area contributed by atoms with Crippen LogP contribution in [0, 0.1) is 6.92 Å². The van der Waals surface area contributed by atoms with E-state index in [0.717, 1.165) is 5.39 Å². The lowest BCUT2D eigenvalue weighted by Crippen LogP contribution is -2.38. The maximum absolute atomic E-state index is 12.3. The van der Waals surface area contributed by atoms with E-state index in [-0.39, 0.29) is 12.6 Å². The minimum atomic E-state index is -1.13. The first kappa shape index (κ1) is 16.9. The zero-order chi connectivity index (χ0) is 17.1. The highest BCUT2D eigenvalue weighted by Crippen LogP contribution is 2.19. The second-order valence-corrected chi connectivity index (χ2v) is 5.49. The van der Waals surface area contributed by atoms with Crippen molar-refractivity contribution in [2.45, 2.75) is 32.9 Å². The third-order valence-corrected chi connectivity index (χ3v) is 3.50. The van der Waals surface area contributed by atoms with Gasteiger partial charge in [0.1, 0.15) is 0 Å². The number of carbonyl (C=O) groups excluding carboxylic acids is 1. The molecule has 0 radical (unpaired) electrons. The maximum atomic E-state index is 12.3. The Balaban J connectivity index is 2.24. The molecular formula is C15H20N4O4. The molecule has 0 saturated carbocycles. The number of hydrogen-bond donors (Lipinski definition) is 2. The fourth-order valence-electron chi connectivity index (χ4n) is 2.23. The number of aromatic nitrogens is 3. The van der Waals surface area contributed by atoms with Crippen molar-refractivity contribution >= 4 is 22.9 Å². The van der Waals surface area contributed by atoms with Crippen LogP contribution in [0.15, 0.2) is 12.3 Å². The van der Waals surface area contributed by atoms with Gasteiger partial charge in [0.2, 0.25) is 0 Å². The van der Waals surface area contributed by atoms with E-state index in [1.165, 1.54) is 7.11 Å². The standard InChI is InChI=1S/C15H20N4O4/c1-8(2)19-13-10(6-17-19)5-11(9(3)18-13)14(20)16-7-12(23-4)15(21)22/h5-6,8,12H,7H2,1-4H3,(H,16,20)(H,21,22). The Bertz CT molecular complexity index is 738. The molecule has 2 N–H and O–H groups in total. The number of ether oxygens (including phenoxy) is 1. The summed E-state index contributed by atoms with van der Waals surface area (Å²) < 4.78 is 6.57. The second kappa shape index (κ2) is 6.74. The van der Waals surface area contributed by atoms with Gasteiger partial charge in [0.15, 0.2) is 11.8 Å². The van der Waals surface area contributed by atoms with Gasteiger partial charge in [-0.25, -0.2) is 14.5 Å². The summed E-state index contributed by atoms with van der Waals surface area (Å²) in [5.41, 5.74) is 1.66. The summed E-state index contributed by atoms with van der Waals surface area (Å²) >= 11 is 0. The highest BCUT2D eigenvalue weighted by molar-refractivity contribution is 5.98. The van der Waals surface area contributed by atoms with Crippen LogP contribution < -0.4 is 5.32 Å². The van der Waals surface area contributed by atoms with Gasteiger partial charge in [0.25, 0.3) is 5.91 Å². The minimum absolute atomic E-state index is 0.118. The molecule has 0 aliphatic rings. The molecule has 1 amide bonds. The van der Waals surface area contributed by atoms with E-state index < -0.39 is 18.0 Å². The highest BCUT2D eigenvalue weighted by atomic mass is 16.5. The summed E-state index contributed by atoms with van der Waals surface area (Å²) in [7, 11) is 1.28. The minimum Gasteiger partial charge on any atom is -0.479 e. The Kier molecular flexibility index (Phi) is 4.95. The quantitative estimate of drug-likeness (QED) is 0.827. The molecule has 1 unspecified atom stereocenters. The third kappa shape index (κ3) is 3.48. The summed E-state index contributed by atoms with van der Waals surface area (Å²) in [6.45, 7) is 5.62. The lowest BCUT2D eigenvalue weighted by Gasteiger charge is -2.13. The summed E-state index contributed by atoms with van der Waals surface area (Å²) in [6.07, 6.45) is 0.577. The van der Waals surface area contributed by atoms with Crippen LogP contribution in [0.4, 0.5) is 0 Å². The van der Waals surface area contributed by atoms with E-state index >= 15 is 0 Å². The number of aryl methyl sites for hydroxylation is 1. The predicted molar refractivity (Wildman–Crippen MR) is 83.4 cm³/mol. The zero-order valence-corrected chi connectivity index (χ0v) is 13.5. The fourth-order valence-corrected chi connectivity index (χ4v) is 2.23. The molecule has 0 aliphatic carbocycles. The van der Waals surface area contributed by atoms with Crippen LogP contribution in [0.1, 0.15) is 35.9 Å². The van der Waals surface area contributed by atoms with E-state index in [9.17, 15) is 9.59 Å². The van der Waals surface area contributed by atoms with Crippen molar-refractivity contribution in [1.29, 1.82) is 0 Å². The van der Waals surface area contributed by atoms with Crippen LogP contribution in [0.2, 0.25) is 0 Å². The smallest absolute Gasteiger partial charge is 0.334 e. The van der Waals surface area contributed by atoms with Gasteiger partial charge < -0.3 is 15.2 Å². The molecule has 2 rings (SSSR count). The van der Waals surface area contributed by atoms with Gasteiger partial charge in [0, 0.05) is 18.5 Å². The van der Waals surface area contributed by atoms with Crippen LogP contribution in [0.25, 0.3) is 11.0 Å². The van der Waals surface area contributed by atoms with Crippen molar-refractivity contribution in [3.05, 3.63) is 23.5 Å². The van der Waals surface area contributed by atoms with Crippen molar-refractivity contribution in [2.75, 3.05) is 13.7 Å². The lowest BCUT2D eigenvalue weighted by atomic mass is 10.1. The molecule has 0 bridgehead atoms. The zero-order valence-electron chi connectivity index (χ0n) is 13.5. The largest absolute Gasteiger partial charge is 0.479 e. The van der Waals surface area contributed by atoms with Crippen LogP contribution in [-0.4, -0.2) is 51.5 Å². The number of methoxy groups -OCH3 is 1. The highest BCUT2D eigenvalue weighted by Gasteiger charge is 2.19. The molecule has 2 aromatic rings. The predicted octanol–water partition coefficient (Wildman–Crippen LogP) is 1.15. The Morgan fingerprint density at radius 1 is 1.43 bits per heavy atom. The molecule has 0 fully saturated rings. The van der Waals surface area contributed by atoms with Crippen LogP contribution in [0.3, 0.4) is 0 Å². The number of fused-ring (bicyclic) bond motifs is 1. The molecule has 8 heteroatoms. The first-order valence-electron chi connectivity index (χ1n) is 7.23. The monoisotopic (exact) mass is 320 g/mol. The number of carbonyl (C=O) groups is 2. The molecule has 2 aromatic heterocycles. The average molecular weight is 320 g/mol. The van der Waals surface area contributed by atoms with Crippen molar-refractivity contribution in [3.63, 3.8) is 0 Å². The van der Waals surface area contributed by atoms with Gasteiger partial charge in [-0.15, -0.1) is 0 Å².